The summed E-state index contributed by atoms with van der Waals surface area (Å²) < 4.78 is 76.2. The molecule has 0 radical (unpaired) electrons. The molecule has 0 atom stereocenters. The summed E-state index contributed by atoms with van der Waals surface area (Å²) in [6, 6.07) is 5.67. The van der Waals surface area contributed by atoms with Crippen LogP contribution in [0.4, 0.5) is 0 Å². The maximum absolute atomic E-state index is 11.6. The van der Waals surface area contributed by atoms with E-state index in [9.17, 15) is 25.9 Å². The van der Waals surface area contributed by atoms with Gasteiger partial charge in [-0.2, -0.15) is 16.8 Å². The molecule has 12 heteroatoms. The number of benzene rings is 2. The second kappa shape index (κ2) is 6.74. The Labute approximate surface area is 170 Å². The van der Waals surface area contributed by atoms with Crippen LogP contribution >= 0.6 is 0 Å². The molecular formula is C18H14N2O8S2. The number of nitrogens with zero attached hydrogens (tertiary/aromatic N) is 2. The highest BCUT2D eigenvalue weighted by Crippen LogP contribution is 2.28. The smallest absolute Gasteiger partial charge is 0.296 e. The Morgan fingerprint density at radius 2 is 1.10 bits per heavy atom. The highest BCUT2D eigenvalue weighted by molar-refractivity contribution is 7.86. The van der Waals surface area contributed by atoms with Gasteiger partial charge in [0.25, 0.3) is 20.2 Å². The van der Waals surface area contributed by atoms with Gasteiger partial charge in [0.05, 0.1) is 0 Å². The van der Waals surface area contributed by atoms with Crippen LogP contribution in [0.5, 0.6) is 0 Å². The lowest BCUT2D eigenvalue weighted by Gasteiger charge is -1.98. The molecule has 0 aliphatic rings. The minimum Gasteiger partial charge on any atom is -0.437 e. The minimum atomic E-state index is -4.50. The third-order valence-corrected chi connectivity index (χ3v) is 5.90. The van der Waals surface area contributed by atoms with Crippen molar-refractivity contribution < 1.29 is 34.8 Å². The molecule has 0 aliphatic heterocycles. The zero-order chi connectivity index (χ0) is 21.8. The lowest BCUT2D eigenvalue weighted by atomic mass is 10.2. The Kier molecular flexibility index (Phi) is 4.54. The summed E-state index contributed by atoms with van der Waals surface area (Å²) in [5.41, 5.74) is 1.34. The first-order valence-corrected chi connectivity index (χ1v) is 11.3. The van der Waals surface area contributed by atoms with Crippen molar-refractivity contribution in [3.8, 4) is 0 Å². The van der Waals surface area contributed by atoms with Gasteiger partial charge in [0.15, 0.2) is 11.2 Å². The molecule has 30 heavy (non-hydrogen) atoms. The molecule has 0 amide bonds. The highest BCUT2D eigenvalue weighted by atomic mass is 32.2. The van der Waals surface area contributed by atoms with Crippen LogP contribution in [0.15, 0.2) is 42.9 Å². The molecule has 0 saturated heterocycles. The van der Waals surface area contributed by atoms with Crippen LogP contribution in [-0.4, -0.2) is 35.9 Å². The molecule has 4 rings (SSSR count). The Morgan fingerprint density at radius 1 is 0.733 bits per heavy atom. The van der Waals surface area contributed by atoms with Gasteiger partial charge in [-0.05, 0) is 49.2 Å². The zero-order valence-corrected chi connectivity index (χ0v) is 17.2. The first-order valence-electron chi connectivity index (χ1n) is 8.37. The van der Waals surface area contributed by atoms with Gasteiger partial charge in [-0.1, -0.05) is 0 Å². The second-order valence-electron chi connectivity index (χ2n) is 6.61. The molecule has 4 aromatic rings. The third kappa shape index (κ3) is 3.73. The summed E-state index contributed by atoms with van der Waals surface area (Å²) in [5.74, 6) is 0.0166. The Hall–Kier alpha value is -3.06. The molecule has 156 valence electrons. The average Bonchev–Trinajstić information content (AvgIpc) is 3.19. The molecule has 0 fully saturated rings. The molecule has 10 nitrogen and oxygen atoms in total. The second-order valence-corrected chi connectivity index (χ2v) is 9.39. The van der Waals surface area contributed by atoms with Crippen LogP contribution in [-0.2, 0) is 20.2 Å². The van der Waals surface area contributed by atoms with Crippen molar-refractivity contribution in [3.63, 3.8) is 0 Å². The van der Waals surface area contributed by atoms with Gasteiger partial charge >= 0.3 is 0 Å². The Morgan fingerprint density at radius 3 is 1.43 bits per heavy atom. The van der Waals surface area contributed by atoms with Crippen LogP contribution in [0.2, 0.25) is 0 Å². The quantitative estimate of drug-likeness (QED) is 0.441. The molecule has 0 spiro atoms. The summed E-state index contributed by atoms with van der Waals surface area (Å²) in [5, 5.41) is 0. The van der Waals surface area contributed by atoms with Gasteiger partial charge in [-0.25, -0.2) is 9.97 Å². The monoisotopic (exact) mass is 450 g/mol. The van der Waals surface area contributed by atoms with E-state index in [0.29, 0.717) is 11.1 Å². The van der Waals surface area contributed by atoms with Crippen molar-refractivity contribution in [2.75, 3.05) is 0 Å². The number of hydrogen-bond donors (Lipinski definition) is 2. The number of hydrogen-bond acceptors (Lipinski definition) is 8. The van der Waals surface area contributed by atoms with Crippen LogP contribution < -0.4 is 0 Å². The van der Waals surface area contributed by atoms with E-state index in [0.717, 1.165) is 0 Å². The molecule has 0 aliphatic carbocycles. The molecule has 2 aromatic heterocycles. The summed E-state index contributed by atoms with van der Waals surface area (Å²) in [4.78, 5) is 7.37. The molecule has 0 bridgehead atoms. The van der Waals surface area contributed by atoms with E-state index in [1.165, 1.54) is 24.3 Å². The van der Waals surface area contributed by atoms with Crippen LogP contribution in [0.25, 0.3) is 34.4 Å². The van der Waals surface area contributed by atoms with Gasteiger partial charge in [-0.15, -0.1) is 0 Å². The van der Waals surface area contributed by atoms with Crippen molar-refractivity contribution in [2.24, 2.45) is 0 Å². The SMILES string of the molecule is Cc1cc(S(=O)(=O)O)c2nc(/C=C/c3nc4c(S(=O)(=O)O)cc(C)cc4o3)oc2c1. The molecular weight excluding hydrogens is 436 g/mol. The molecule has 2 N–H and O–H groups in total. The number of aromatic nitrogens is 2. The standard InChI is InChI=1S/C18H14N2O8S2/c1-9-5-11-17(13(7-9)29(21,22)23)19-15(27-11)3-4-16-20-18-12(28-16)6-10(2)8-14(18)30(24,25)26/h3-8H,1-2H3,(H,21,22,23)(H,24,25,26)/b4-3+. The number of fused-ring (bicyclic) bond motifs is 2. The van der Waals surface area contributed by atoms with E-state index in [-0.39, 0.29) is 43.8 Å². The zero-order valence-electron chi connectivity index (χ0n) is 15.5. The van der Waals surface area contributed by atoms with E-state index in [2.05, 4.69) is 9.97 Å². The van der Waals surface area contributed by atoms with Crippen LogP contribution in [0.3, 0.4) is 0 Å². The van der Waals surface area contributed by atoms with Crippen molar-refractivity contribution in [1.82, 2.24) is 9.97 Å². The van der Waals surface area contributed by atoms with Crippen molar-refractivity contribution in [3.05, 3.63) is 47.2 Å². The highest BCUT2D eigenvalue weighted by Gasteiger charge is 2.20. The normalized spacial score (nSPS) is 13.1. The molecule has 0 saturated carbocycles. The van der Waals surface area contributed by atoms with Crippen LogP contribution in [0, 0.1) is 13.8 Å². The van der Waals surface area contributed by atoms with Gasteiger partial charge in [0.2, 0.25) is 11.8 Å². The van der Waals surface area contributed by atoms with Gasteiger partial charge < -0.3 is 8.83 Å². The van der Waals surface area contributed by atoms with Crippen molar-refractivity contribution >= 4 is 54.6 Å². The van der Waals surface area contributed by atoms with Gasteiger partial charge in [0.1, 0.15) is 20.8 Å². The third-order valence-electron chi connectivity index (χ3n) is 4.17. The lowest BCUT2D eigenvalue weighted by Crippen LogP contribution is -1.99. The van der Waals surface area contributed by atoms with E-state index >= 15 is 0 Å². The first kappa shape index (κ1) is 20.2. The van der Waals surface area contributed by atoms with E-state index in [1.54, 1.807) is 26.0 Å². The minimum absolute atomic E-state index is 0.00828. The maximum atomic E-state index is 11.6. The maximum Gasteiger partial charge on any atom is 0.296 e. The predicted molar refractivity (Wildman–Crippen MR) is 106 cm³/mol. The van der Waals surface area contributed by atoms with Crippen molar-refractivity contribution in [1.29, 1.82) is 0 Å². The van der Waals surface area contributed by atoms with Gasteiger partial charge in [0, 0.05) is 12.2 Å². The summed E-state index contributed by atoms with van der Waals surface area (Å²) in [7, 11) is -9.01. The molecule has 2 aromatic carbocycles. The fourth-order valence-electron chi connectivity index (χ4n) is 2.97. The summed E-state index contributed by atoms with van der Waals surface area (Å²) in [6.07, 6.45) is 2.68. The van der Waals surface area contributed by atoms with Crippen molar-refractivity contribution in [2.45, 2.75) is 23.6 Å². The van der Waals surface area contributed by atoms with Gasteiger partial charge in [-0.3, -0.25) is 9.11 Å². The fraction of sp³-hybridized carbons (Fsp3) is 0.111. The van der Waals surface area contributed by atoms with E-state index in [1.807, 2.05) is 0 Å². The Balaban J connectivity index is 1.79. The number of oxazole rings is 2. The molecule has 2 heterocycles. The lowest BCUT2D eigenvalue weighted by molar-refractivity contribution is 0.481. The summed E-state index contributed by atoms with van der Waals surface area (Å²) >= 11 is 0. The average molecular weight is 450 g/mol. The van der Waals surface area contributed by atoms with E-state index < -0.39 is 20.2 Å². The summed E-state index contributed by atoms with van der Waals surface area (Å²) in [6.45, 7) is 3.28. The van der Waals surface area contributed by atoms with E-state index in [4.69, 9.17) is 8.83 Å². The predicted octanol–water partition coefficient (Wildman–Crippen LogP) is 3.25. The Bertz CT molecular complexity index is 1440. The largest absolute Gasteiger partial charge is 0.437 e. The topological polar surface area (TPSA) is 161 Å². The first-order chi connectivity index (χ1) is 13.9. The number of rotatable bonds is 4. The number of aryl methyl sites for hydroxylation is 2. The molecule has 0 unspecified atom stereocenters. The fourth-order valence-corrected chi connectivity index (χ4v) is 4.42. The van der Waals surface area contributed by atoms with Crippen LogP contribution in [0.1, 0.15) is 22.9 Å².